The zero-order valence-corrected chi connectivity index (χ0v) is 13.0. The molecule has 14 heteroatoms. The molecule has 0 saturated heterocycles. The van der Waals surface area contributed by atoms with Gasteiger partial charge in [-0.1, -0.05) is 12.1 Å². The van der Waals surface area contributed by atoms with E-state index in [-0.39, 0.29) is 59.1 Å². The first kappa shape index (κ1) is 25.5. The van der Waals surface area contributed by atoms with Gasteiger partial charge in [0.1, 0.15) is 9.79 Å². The first-order valence-corrected chi connectivity index (χ1v) is 8.75. The monoisotopic (exact) mass is 424 g/mol. The zero-order chi connectivity index (χ0) is 18.4. The average Bonchev–Trinajstić information content (AvgIpc) is 2.41. The van der Waals surface area contributed by atoms with Crippen LogP contribution in [0.5, 0.6) is 0 Å². The van der Waals surface area contributed by atoms with Crippen molar-refractivity contribution >= 4 is 102 Å². The van der Waals surface area contributed by atoms with E-state index in [4.69, 9.17) is 10.2 Å². The van der Waals surface area contributed by atoms with Crippen LogP contribution in [-0.4, -0.2) is 107 Å². The third-order valence-corrected chi connectivity index (χ3v) is 4.99. The molecule has 10 nitrogen and oxygen atoms in total. The quantitative estimate of drug-likeness (QED) is 0.366. The molecule has 0 aromatic heterocycles. The summed E-state index contributed by atoms with van der Waals surface area (Å²) in [6, 6.07) is 2.99. The molecular weight excluding hydrogens is 414 g/mol. The van der Waals surface area contributed by atoms with Crippen molar-refractivity contribution in [1.29, 1.82) is 0 Å². The fourth-order valence-corrected chi connectivity index (χ4v) is 4.02. The summed E-state index contributed by atoms with van der Waals surface area (Å²) in [6.07, 6.45) is 0. The Morgan fingerprint density at radius 2 is 0.923 bits per heavy atom. The molecular formula is C12H10Na2O10S2. The number of carboxylic acids is 2. The van der Waals surface area contributed by atoms with Gasteiger partial charge in [0.2, 0.25) is 0 Å². The Morgan fingerprint density at radius 1 is 0.654 bits per heavy atom. The molecule has 26 heavy (non-hydrogen) atoms. The Bertz CT molecular complexity index is 1020. The third-order valence-electron chi connectivity index (χ3n) is 3.08. The van der Waals surface area contributed by atoms with Gasteiger partial charge in [0, 0.05) is 10.8 Å². The molecule has 0 aliphatic heterocycles. The van der Waals surface area contributed by atoms with Crippen LogP contribution in [0, 0.1) is 0 Å². The molecule has 0 amide bonds. The molecule has 0 atom stereocenters. The van der Waals surface area contributed by atoms with Gasteiger partial charge in [-0.15, -0.1) is 0 Å². The number of fused-ring (bicyclic) bond motifs is 1. The SMILES string of the molecule is O=C(O)c1ccc2c(S(=O)(=O)O)c(C(=O)O)ccc2c1S(=O)(=O)O.[NaH].[NaH]. The van der Waals surface area contributed by atoms with E-state index in [0.29, 0.717) is 12.1 Å². The van der Waals surface area contributed by atoms with Crippen LogP contribution >= 0.6 is 0 Å². The van der Waals surface area contributed by atoms with Crippen LogP contribution < -0.4 is 0 Å². The molecule has 132 valence electrons. The van der Waals surface area contributed by atoms with Gasteiger partial charge in [-0.05, 0) is 12.1 Å². The Kier molecular flexibility index (Phi) is 8.47. The zero-order valence-electron chi connectivity index (χ0n) is 11.4. The van der Waals surface area contributed by atoms with Crippen LogP contribution in [0.1, 0.15) is 20.7 Å². The van der Waals surface area contributed by atoms with E-state index in [1.807, 2.05) is 0 Å². The average molecular weight is 424 g/mol. The first-order valence-electron chi connectivity index (χ1n) is 5.87. The Labute approximate surface area is 191 Å². The number of hydrogen-bond donors (Lipinski definition) is 4. The maximum absolute atomic E-state index is 11.5. The summed E-state index contributed by atoms with van der Waals surface area (Å²) in [5, 5.41) is 16.9. The second-order valence-corrected chi connectivity index (χ2v) is 7.26. The van der Waals surface area contributed by atoms with E-state index in [2.05, 4.69) is 0 Å². The molecule has 0 spiro atoms. The van der Waals surface area contributed by atoms with E-state index in [9.17, 15) is 35.5 Å². The minimum atomic E-state index is -5.11. The van der Waals surface area contributed by atoms with Crippen LogP contribution in [-0.2, 0) is 20.2 Å². The first-order chi connectivity index (χ1) is 10.9. The summed E-state index contributed by atoms with van der Waals surface area (Å²) in [5.74, 6) is -3.44. The van der Waals surface area contributed by atoms with Crippen molar-refractivity contribution in [3.8, 4) is 0 Å². The summed E-state index contributed by atoms with van der Waals surface area (Å²) in [7, 11) is -10.2. The fraction of sp³-hybridized carbons (Fsp3) is 0. The Balaban J connectivity index is 0.00000312. The molecule has 2 rings (SSSR count). The second-order valence-electron chi connectivity index (χ2n) is 4.54. The second kappa shape index (κ2) is 8.65. The molecule has 0 aliphatic carbocycles. The van der Waals surface area contributed by atoms with Gasteiger partial charge >= 0.3 is 71.1 Å². The number of aromatic carboxylic acids is 2. The molecule has 0 aliphatic rings. The van der Waals surface area contributed by atoms with Gasteiger partial charge in [0.05, 0.1) is 11.1 Å². The fourth-order valence-electron chi connectivity index (χ4n) is 2.24. The van der Waals surface area contributed by atoms with Crippen molar-refractivity contribution in [2.75, 3.05) is 0 Å². The van der Waals surface area contributed by atoms with E-state index in [0.717, 1.165) is 12.1 Å². The van der Waals surface area contributed by atoms with Crippen molar-refractivity contribution in [3.05, 3.63) is 35.4 Å². The number of rotatable bonds is 4. The topological polar surface area (TPSA) is 183 Å². The predicted molar refractivity (Wildman–Crippen MR) is 91.8 cm³/mol. The van der Waals surface area contributed by atoms with Gasteiger partial charge in [0.25, 0.3) is 20.2 Å². The standard InChI is InChI=1S/C12H8O10S2.2Na.2H/c13-11(14)7-3-1-5-6(10(7)24(20,21)22)2-4-8(12(15)16)9(5)23(17,18)19;;;;/h1-4H,(H,13,14)(H,15,16)(H,17,18,19)(H,20,21,22);;;;. The van der Waals surface area contributed by atoms with E-state index >= 15 is 0 Å². The van der Waals surface area contributed by atoms with Gasteiger partial charge < -0.3 is 10.2 Å². The Morgan fingerprint density at radius 3 is 1.12 bits per heavy atom. The van der Waals surface area contributed by atoms with Crippen LogP contribution in [0.4, 0.5) is 0 Å². The molecule has 0 radical (unpaired) electrons. The summed E-state index contributed by atoms with van der Waals surface area (Å²) < 4.78 is 64.6. The van der Waals surface area contributed by atoms with Gasteiger partial charge in [-0.25, -0.2) is 9.59 Å². The van der Waals surface area contributed by atoms with Crippen LogP contribution in [0.3, 0.4) is 0 Å². The normalized spacial score (nSPS) is 11.3. The number of benzene rings is 2. The number of hydrogen-bond acceptors (Lipinski definition) is 6. The summed E-state index contributed by atoms with van der Waals surface area (Å²) in [5.41, 5.74) is -1.70. The summed E-state index contributed by atoms with van der Waals surface area (Å²) in [4.78, 5) is 20.0. The third kappa shape index (κ3) is 4.84. The summed E-state index contributed by atoms with van der Waals surface area (Å²) in [6.45, 7) is 0. The van der Waals surface area contributed by atoms with E-state index in [1.54, 1.807) is 0 Å². The van der Waals surface area contributed by atoms with Crippen molar-refractivity contribution in [2.45, 2.75) is 9.79 Å². The van der Waals surface area contributed by atoms with E-state index < -0.39 is 63.9 Å². The van der Waals surface area contributed by atoms with E-state index in [1.165, 1.54) is 0 Å². The molecule has 0 saturated carbocycles. The molecule has 4 N–H and O–H groups in total. The molecule has 0 unspecified atom stereocenters. The predicted octanol–water partition coefficient (Wildman–Crippen LogP) is -0.567. The Hall–Kier alpha value is -0.540. The van der Waals surface area contributed by atoms with Crippen molar-refractivity contribution in [1.82, 2.24) is 0 Å². The van der Waals surface area contributed by atoms with Crippen molar-refractivity contribution < 1.29 is 45.7 Å². The van der Waals surface area contributed by atoms with Gasteiger partial charge in [-0.2, -0.15) is 16.8 Å². The maximum atomic E-state index is 11.5. The van der Waals surface area contributed by atoms with Crippen LogP contribution in [0.25, 0.3) is 10.8 Å². The number of carboxylic acid groups (broad SMARTS) is 2. The molecule has 2 aromatic carbocycles. The van der Waals surface area contributed by atoms with Crippen LogP contribution in [0.15, 0.2) is 34.1 Å². The summed E-state index contributed by atoms with van der Waals surface area (Å²) >= 11 is 0. The van der Waals surface area contributed by atoms with Crippen molar-refractivity contribution in [2.24, 2.45) is 0 Å². The number of carbonyl (C=O) groups is 2. The molecule has 0 fully saturated rings. The van der Waals surface area contributed by atoms with Gasteiger partial charge in [0.15, 0.2) is 0 Å². The molecule has 0 bridgehead atoms. The molecule has 0 heterocycles. The van der Waals surface area contributed by atoms with Gasteiger partial charge in [-0.3, -0.25) is 9.11 Å². The van der Waals surface area contributed by atoms with Crippen LogP contribution in [0.2, 0.25) is 0 Å². The minimum absolute atomic E-state index is 0. The molecule has 2 aromatic rings. The van der Waals surface area contributed by atoms with Crippen molar-refractivity contribution in [3.63, 3.8) is 0 Å².